The number of aliphatic hydroxyl groups is 1. The average molecular weight is 396 g/mol. The summed E-state index contributed by atoms with van der Waals surface area (Å²) in [5, 5.41) is 22.8. The molecule has 0 amide bonds. The van der Waals surface area contributed by atoms with Crippen LogP contribution in [-0.2, 0) is 0 Å². The van der Waals surface area contributed by atoms with E-state index in [2.05, 4.69) is 24.4 Å². The molecule has 4 nitrogen and oxygen atoms in total. The van der Waals surface area contributed by atoms with E-state index in [9.17, 15) is 10.2 Å². The lowest BCUT2D eigenvalue weighted by atomic mass is 9.77. The van der Waals surface area contributed by atoms with E-state index in [4.69, 9.17) is 4.74 Å². The van der Waals surface area contributed by atoms with E-state index in [1.54, 1.807) is 12.1 Å². The molecule has 0 bridgehead atoms. The molecule has 0 aromatic heterocycles. The van der Waals surface area contributed by atoms with E-state index in [1.165, 1.54) is 16.7 Å². The zero-order valence-corrected chi connectivity index (χ0v) is 17.5. The first kappa shape index (κ1) is 21.4. The quantitative estimate of drug-likeness (QED) is 0.564. The van der Waals surface area contributed by atoms with Gasteiger partial charge in [-0.2, -0.15) is 0 Å². The molecule has 4 heteroatoms. The number of hydrogen-bond acceptors (Lipinski definition) is 4. The number of hydrogen-bond donors (Lipinski definition) is 3. The van der Waals surface area contributed by atoms with Gasteiger partial charge in [-0.3, -0.25) is 0 Å². The number of aliphatic hydroxyl groups excluding tert-OH is 1. The van der Waals surface area contributed by atoms with E-state index >= 15 is 0 Å². The van der Waals surface area contributed by atoms with Crippen molar-refractivity contribution in [3.8, 4) is 11.5 Å². The Morgan fingerprint density at radius 1 is 0.966 bits per heavy atom. The molecule has 1 fully saturated rings. The standard InChI is InChI=1S/C25H33NO3/c1-3-24(18-4-10-21(27)11-5-18)25(19-6-12-22(28)13-7-19)20-8-14-23(15-9-20)29-17-16-26-2/h6-9,12-15,18,21,26-28H,3-5,10-11,16-17H2,1-2H3/b25-24-. The highest BCUT2D eigenvalue weighted by atomic mass is 16.5. The maximum absolute atomic E-state index is 9.94. The van der Waals surface area contributed by atoms with Crippen LogP contribution in [0.15, 0.2) is 54.1 Å². The van der Waals surface area contributed by atoms with Crippen molar-refractivity contribution in [2.45, 2.75) is 45.1 Å². The second-order valence-electron chi connectivity index (χ2n) is 7.78. The number of likely N-dealkylation sites (N-methyl/N-ethyl adjacent to an activating group) is 1. The number of nitrogens with one attached hydrogen (secondary N) is 1. The number of aromatic hydroxyl groups is 1. The van der Waals surface area contributed by atoms with Crippen LogP contribution in [-0.4, -0.2) is 36.5 Å². The summed E-state index contributed by atoms with van der Waals surface area (Å²) in [7, 11) is 1.91. The lowest BCUT2D eigenvalue weighted by Crippen LogP contribution is -2.20. The maximum Gasteiger partial charge on any atom is 0.119 e. The Morgan fingerprint density at radius 2 is 1.55 bits per heavy atom. The number of phenols is 1. The fourth-order valence-corrected chi connectivity index (χ4v) is 4.25. The zero-order chi connectivity index (χ0) is 20.6. The van der Waals surface area contributed by atoms with Crippen LogP contribution in [0.5, 0.6) is 11.5 Å². The topological polar surface area (TPSA) is 61.7 Å². The van der Waals surface area contributed by atoms with Crippen molar-refractivity contribution in [1.82, 2.24) is 5.32 Å². The largest absolute Gasteiger partial charge is 0.508 e. The van der Waals surface area contributed by atoms with Crippen LogP contribution >= 0.6 is 0 Å². The molecule has 2 aromatic rings. The molecule has 0 heterocycles. The van der Waals surface area contributed by atoms with Gasteiger partial charge in [0.05, 0.1) is 6.10 Å². The average Bonchev–Trinajstić information content (AvgIpc) is 2.75. The third kappa shape index (κ3) is 5.62. The molecule has 0 atom stereocenters. The Morgan fingerprint density at radius 3 is 2.10 bits per heavy atom. The summed E-state index contributed by atoms with van der Waals surface area (Å²) in [5.74, 6) is 1.63. The van der Waals surface area contributed by atoms with Gasteiger partial charge < -0.3 is 20.3 Å². The van der Waals surface area contributed by atoms with Gasteiger partial charge in [0.15, 0.2) is 0 Å². The molecule has 3 rings (SSSR count). The van der Waals surface area contributed by atoms with Crippen molar-refractivity contribution >= 4 is 5.57 Å². The SMILES string of the molecule is CC/C(=C(\c1ccc(O)cc1)c1ccc(OCCNC)cc1)C1CCC(O)CC1. The molecule has 1 aliphatic carbocycles. The Bertz CT molecular complexity index is 788. The normalized spacial score (nSPS) is 20.2. The minimum atomic E-state index is -0.157. The molecule has 0 unspecified atom stereocenters. The smallest absolute Gasteiger partial charge is 0.119 e. The summed E-state index contributed by atoms with van der Waals surface area (Å²) >= 11 is 0. The second kappa shape index (κ2) is 10.5. The van der Waals surface area contributed by atoms with E-state index in [0.29, 0.717) is 12.5 Å². The van der Waals surface area contributed by atoms with Crippen LogP contribution in [0.3, 0.4) is 0 Å². The Balaban J connectivity index is 1.97. The second-order valence-corrected chi connectivity index (χ2v) is 7.78. The van der Waals surface area contributed by atoms with E-state index in [-0.39, 0.29) is 11.9 Å². The highest BCUT2D eigenvalue weighted by Gasteiger charge is 2.25. The molecule has 3 N–H and O–H groups in total. The first-order valence-corrected chi connectivity index (χ1v) is 10.7. The Hall–Kier alpha value is -2.30. The molecule has 0 saturated heterocycles. The lowest BCUT2D eigenvalue weighted by molar-refractivity contribution is 0.115. The minimum absolute atomic E-state index is 0.157. The summed E-state index contributed by atoms with van der Waals surface area (Å²) in [5.41, 5.74) is 4.97. The van der Waals surface area contributed by atoms with Crippen LogP contribution in [0.25, 0.3) is 5.57 Å². The maximum atomic E-state index is 9.94. The van der Waals surface area contributed by atoms with Crippen molar-refractivity contribution in [2.24, 2.45) is 5.92 Å². The molecule has 0 aliphatic heterocycles. The highest BCUT2D eigenvalue weighted by Crippen LogP contribution is 2.39. The summed E-state index contributed by atoms with van der Waals surface area (Å²) in [6, 6.07) is 15.8. The predicted molar refractivity (Wildman–Crippen MR) is 118 cm³/mol. The predicted octanol–water partition coefficient (Wildman–Crippen LogP) is 4.75. The number of allylic oxidation sites excluding steroid dienone is 1. The van der Waals surface area contributed by atoms with E-state index in [0.717, 1.165) is 50.0 Å². The monoisotopic (exact) mass is 395 g/mol. The highest BCUT2D eigenvalue weighted by molar-refractivity contribution is 5.82. The van der Waals surface area contributed by atoms with E-state index in [1.807, 2.05) is 31.3 Å². The molecule has 156 valence electrons. The molecular formula is C25H33NO3. The van der Waals surface area contributed by atoms with Crippen LogP contribution in [0.1, 0.15) is 50.2 Å². The first-order chi connectivity index (χ1) is 14.1. The van der Waals surface area contributed by atoms with Crippen molar-refractivity contribution in [3.05, 3.63) is 65.2 Å². The summed E-state index contributed by atoms with van der Waals surface area (Å²) in [4.78, 5) is 0. The minimum Gasteiger partial charge on any atom is -0.508 e. The van der Waals surface area contributed by atoms with Gasteiger partial charge in [0, 0.05) is 6.54 Å². The first-order valence-electron chi connectivity index (χ1n) is 10.7. The van der Waals surface area contributed by atoms with E-state index < -0.39 is 0 Å². The zero-order valence-electron chi connectivity index (χ0n) is 17.5. The fourth-order valence-electron chi connectivity index (χ4n) is 4.25. The van der Waals surface area contributed by atoms with Gasteiger partial charge in [-0.15, -0.1) is 0 Å². The van der Waals surface area contributed by atoms with Gasteiger partial charge in [0.25, 0.3) is 0 Å². The number of benzene rings is 2. The molecule has 1 aliphatic rings. The van der Waals surface area contributed by atoms with Gasteiger partial charge in [-0.1, -0.05) is 36.8 Å². The van der Waals surface area contributed by atoms with Crippen LogP contribution in [0.4, 0.5) is 0 Å². The number of rotatable bonds is 8. The molecule has 0 radical (unpaired) electrons. The fraction of sp³-hybridized carbons (Fsp3) is 0.440. The molecular weight excluding hydrogens is 362 g/mol. The summed E-state index contributed by atoms with van der Waals surface area (Å²) in [6.07, 6.45) is 4.60. The van der Waals surface area contributed by atoms with Crippen LogP contribution in [0, 0.1) is 5.92 Å². The van der Waals surface area contributed by atoms with Gasteiger partial charge >= 0.3 is 0 Å². The van der Waals surface area contributed by atoms with Gasteiger partial charge in [0.2, 0.25) is 0 Å². The molecule has 0 spiro atoms. The van der Waals surface area contributed by atoms with Gasteiger partial charge in [-0.25, -0.2) is 0 Å². The van der Waals surface area contributed by atoms with Crippen LogP contribution < -0.4 is 10.1 Å². The van der Waals surface area contributed by atoms with Crippen molar-refractivity contribution < 1.29 is 14.9 Å². The van der Waals surface area contributed by atoms with Crippen molar-refractivity contribution in [2.75, 3.05) is 20.2 Å². The molecule has 2 aromatic carbocycles. The number of ether oxygens (including phenoxy) is 1. The van der Waals surface area contributed by atoms with Gasteiger partial charge in [0.1, 0.15) is 18.1 Å². The summed E-state index contributed by atoms with van der Waals surface area (Å²) in [6.45, 7) is 3.67. The number of phenolic OH excluding ortho intramolecular Hbond substituents is 1. The third-order valence-electron chi connectivity index (χ3n) is 5.81. The van der Waals surface area contributed by atoms with Crippen molar-refractivity contribution in [1.29, 1.82) is 0 Å². The third-order valence-corrected chi connectivity index (χ3v) is 5.81. The lowest BCUT2D eigenvalue weighted by Gasteiger charge is -2.29. The van der Waals surface area contributed by atoms with Crippen molar-refractivity contribution in [3.63, 3.8) is 0 Å². The van der Waals surface area contributed by atoms with Crippen LogP contribution in [0.2, 0.25) is 0 Å². The van der Waals surface area contributed by atoms with Gasteiger partial charge in [-0.05, 0) is 86.0 Å². The summed E-state index contributed by atoms with van der Waals surface area (Å²) < 4.78 is 5.78. The molecule has 29 heavy (non-hydrogen) atoms. The Labute approximate surface area is 174 Å². The molecule has 1 saturated carbocycles. The Kier molecular flexibility index (Phi) is 7.73.